The highest BCUT2D eigenvalue weighted by Crippen LogP contribution is 2.33. The molecule has 0 spiro atoms. The minimum absolute atomic E-state index is 0.923. The number of aromatic nitrogens is 1. The quantitative estimate of drug-likeness (QED) is 0.606. The van der Waals surface area contributed by atoms with E-state index in [1.165, 1.54) is 11.1 Å². The van der Waals surface area contributed by atoms with Crippen LogP contribution >= 0.6 is 0 Å². The Bertz CT molecular complexity index is 931. The number of nitrogens with zero attached hydrogens (tertiary/aromatic N) is 1. The van der Waals surface area contributed by atoms with Crippen molar-refractivity contribution in [2.24, 2.45) is 0 Å². The molecule has 114 valence electrons. The summed E-state index contributed by atoms with van der Waals surface area (Å²) >= 11 is 0. The van der Waals surface area contributed by atoms with Crippen LogP contribution in [0.15, 0.2) is 60.9 Å². The Labute approximate surface area is 143 Å². The Morgan fingerprint density at radius 1 is 0.750 bits per heavy atom. The highest BCUT2D eigenvalue weighted by molar-refractivity contribution is 5.83. The van der Waals surface area contributed by atoms with Gasteiger partial charge in [-0.05, 0) is 47.9 Å². The van der Waals surface area contributed by atoms with Crippen LogP contribution in [0.1, 0.15) is 16.7 Å². The summed E-state index contributed by atoms with van der Waals surface area (Å²) < 4.78 is 0. The van der Waals surface area contributed by atoms with Crippen molar-refractivity contribution in [3.8, 4) is 46.4 Å². The van der Waals surface area contributed by atoms with E-state index in [1.807, 2.05) is 36.7 Å². The van der Waals surface area contributed by atoms with E-state index >= 15 is 0 Å². The summed E-state index contributed by atoms with van der Waals surface area (Å²) in [5, 5.41) is 0. The zero-order valence-corrected chi connectivity index (χ0v) is 13.8. The maximum Gasteiger partial charge on any atom is 0.0443 e. The van der Waals surface area contributed by atoms with Crippen LogP contribution < -0.4 is 0 Å². The third-order valence-corrected chi connectivity index (χ3v) is 4.08. The fourth-order valence-corrected chi connectivity index (χ4v) is 2.85. The molecule has 0 amide bonds. The minimum Gasteiger partial charge on any atom is -0.263 e. The molecule has 24 heavy (non-hydrogen) atoms. The summed E-state index contributed by atoms with van der Waals surface area (Å²) in [6.45, 7) is 4.18. The number of rotatable bonds is 2. The first kappa shape index (κ1) is 15.6. The normalized spacial score (nSPS) is 9.71. The van der Waals surface area contributed by atoms with Gasteiger partial charge in [0.2, 0.25) is 0 Å². The molecule has 0 atom stereocenters. The molecule has 0 fully saturated rings. The lowest BCUT2D eigenvalue weighted by atomic mass is 9.91. The SMILES string of the molecule is C#CC#Cc1c(-c2ccccc2C)cncc1-c1ccccc1C. The molecule has 1 aromatic heterocycles. The van der Waals surface area contributed by atoms with Crippen molar-refractivity contribution in [3.05, 3.63) is 77.6 Å². The largest absolute Gasteiger partial charge is 0.263 e. The average molecular weight is 307 g/mol. The number of hydrogen-bond acceptors (Lipinski definition) is 1. The molecule has 0 N–H and O–H groups in total. The van der Waals surface area contributed by atoms with Crippen molar-refractivity contribution in [1.82, 2.24) is 4.98 Å². The van der Waals surface area contributed by atoms with Crippen LogP contribution in [-0.4, -0.2) is 4.98 Å². The monoisotopic (exact) mass is 307 g/mol. The smallest absolute Gasteiger partial charge is 0.0443 e. The molecule has 1 heterocycles. The van der Waals surface area contributed by atoms with Crippen molar-refractivity contribution in [2.75, 3.05) is 0 Å². The van der Waals surface area contributed by atoms with Gasteiger partial charge in [0, 0.05) is 29.1 Å². The van der Waals surface area contributed by atoms with Gasteiger partial charge in [-0.15, -0.1) is 6.42 Å². The van der Waals surface area contributed by atoms with Crippen LogP contribution in [0.4, 0.5) is 0 Å². The summed E-state index contributed by atoms with van der Waals surface area (Å²) in [5.41, 5.74) is 7.57. The number of pyridine rings is 1. The highest BCUT2D eigenvalue weighted by Gasteiger charge is 2.13. The van der Waals surface area contributed by atoms with Gasteiger partial charge in [-0.2, -0.15) is 0 Å². The molecule has 0 bridgehead atoms. The van der Waals surface area contributed by atoms with Gasteiger partial charge in [-0.1, -0.05) is 54.5 Å². The first-order chi connectivity index (χ1) is 11.7. The summed E-state index contributed by atoms with van der Waals surface area (Å²) in [6, 6.07) is 16.5. The predicted molar refractivity (Wildman–Crippen MR) is 100 cm³/mol. The van der Waals surface area contributed by atoms with Crippen LogP contribution in [-0.2, 0) is 0 Å². The fourth-order valence-electron chi connectivity index (χ4n) is 2.85. The fraction of sp³-hybridized carbons (Fsp3) is 0.0870. The second-order valence-electron chi connectivity index (χ2n) is 5.63. The van der Waals surface area contributed by atoms with Crippen molar-refractivity contribution >= 4 is 0 Å². The van der Waals surface area contributed by atoms with E-state index in [4.69, 9.17) is 6.42 Å². The van der Waals surface area contributed by atoms with E-state index < -0.39 is 0 Å². The Morgan fingerprint density at radius 3 is 1.71 bits per heavy atom. The topological polar surface area (TPSA) is 12.9 Å². The van der Waals surface area contributed by atoms with Gasteiger partial charge in [0.1, 0.15) is 0 Å². The molecule has 0 aliphatic heterocycles. The van der Waals surface area contributed by atoms with Crippen molar-refractivity contribution < 1.29 is 0 Å². The van der Waals surface area contributed by atoms with Gasteiger partial charge in [0.05, 0.1) is 0 Å². The third kappa shape index (κ3) is 2.94. The summed E-state index contributed by atoms with van der Waals surface area (Å²) in [6.07, 6.45) is 9.11. The van der Waals surface area contributed by atoms with E-state index in [9.17, 15) is 0 Å². The minimum atomic E-state index is 0.923. The first-order valence-corrected chi connectivity index (χ1v) is 7.79. The molecule has 0 aliphatic carbocycles. The Morgan fingerprint density at radius 2 is 1.25 bits per heavy atom. The summed E-state index contributed by atoms with van der Waals surface area (Å²) in [5.74, 6) is 8.35. The molecule has 2 aromatic carbocycles. The summed E-state index contributed by atoms with van der Waals surface area (Å²) in [7, 11) is 0. The molecule has 0 saturated heterocycles. The van der Waals surface area contributed by atoms with Gasteiger partial charge in [-0.3, -0.25) is 4.98 Å². The lowest BCUT2D eigenvalue weighted by Gasteiger charge is -2.13. The molecule has 1 nitrogen and oxygen atoms in total. The Hall–Kier alpha value is -3.29. The molecule has 0 aliphatic rings. The molecule has 0 radical (unpaired) electrons. The molecule has 3 aromatic rings. The number of terminal acetylenes is 1. The van der Waals surface area contributed by atoms with Crippen molar-refractivity contribution in [3.63, 3.8) is 0 Å². The van der Waals surface area contributed by atoms with Crippen LogP contribution in [0.25, 0.3) is 22.3 Å². The van der Waals surface area contributed by atoms with Crippen LogP contribution in [0.2, 0.25) is 0 Å². The van der Waals surface area contributed by atoms with Crippen molar-refractivity contribution in [2.45, 2.75) is 13.8 Å². The third-order valence-electron chi connectivity index (χ3n) is 4.08. The second kappa shape index (κ2) is 6.86. The van der Waals surface area contributed by atoms with E-state index in [1.54, 1.807) is 0 Å². The maximum absolute atomic E-state index is 5.37. The van der Waals surface area contributed by atoms with E-state index in [2.05, 4.69) is 60.9 Å². The molecule has 0 unspecified atom stereocenters. The van der Waals surface area contributed by atoms with Crippen molar-refractivity contribution in [1.29, 1.82) is 0 Å². The molecule has 1 heteroatoms. The molecular formula is C23H17N. The maximum atomic E-state index is 5.37. The van der Waals surface area contributed by atoms with Gasteiger partial charge < -0.3 is 0 Å². The van der Waals surface area contributed by atoms with Gasteiger partial charge in [0.25, 0.3) is 0 Å². The average Bonchev–Trinajstić information content (AvgIpc) is 2.61. The Kier molecular flexibility index (Phi) is 4.46. The predicted octanol–water partition coefficient (Wildman–Crippen LogP) is 5.02. The molecule has 0 saturated carbocycles. The van der Waals surface area contributed by atoms with Crippen LogP contribution in [0, 0.1) is 38.0 Å². The van der Waals surface area contributed by atoms with E-state index in [-0.39, 0.29) is 0 Å². The molecule has 3 rings (SSSR count). The second-order valence-corrected chi connectivity index (χ2v) is 5.63. The standard InChI is InChI=1S/C23H17N/c1-4-5-12-21-22(19-13-8-6-10-17(19)2)15-24-16-23(21)20-14-9-7-11-18(20)3/h1,6-11,13-16H,2-3H3. The lowest BCUT2D eigenvalue weighted by molar-refractivity contribution is 1.30. The van der Waals surface area contributed by atoms with Gasteiger partial charge in [0.15, 0.2) is 0 Å². The first-order valence-electron chi connectivity index (χ1n) is 7.79. The van der Waals surface area contributed by atoms with Crippen LogP contribution in [0.5, 0.6) is 0 Å². The zero-order chi connectivity index (χ0) is 16.9. The number of aryl methyl sites for hydroxylation is 2. The van der Waals surface area contributed by atoms with Crippen LogP contribution in [0.3, 0.4) is 0 Å². The number of benzene rings is 2. The van der Waals surface area contributed by atoms with Gasteiger partial charge in [-0.25, -0.2) is 0 Å². The Balaban J connectivity index is 2.33. The molecular weight excluding hydrogens is 290 g/mol. The van der Waals surface area contributed by atoms with E-state index in [0.717, 1.165) is 27.8 Å². The highest BCUT2D eigenvalue weighted by atomic mass is 14.6. The summed E-state index contributed by atoms with van der Waals surface area (Å²) in [4.78, 5) is 4.47. The van der Waals surface area contributed by atoms with Gasteiger partial charge >= 0.3 is 0 Å². The zero-order valence-electron chi connectivity index (χ0n) is 13.8. The van der Waals surface area contributed by atoms with E-state index in [0.29, 0.717) is 0 Å². The lowest BCUT2D eigenvalue weighted by Crippen LogP contribution is -1.95. The number of hydrogen-bond donors (Lipinski definition) is 0.